The first-order valence-electron chi connectivity index (χ1n) is 10.6. The fourth-order valence-corrected chi connectivity index (χ4v) is 5.31. The number of allylic oxidation sites excluding steroid dienone is 4. The molecule has 29 heavy (non-hydrogen) atoms. The molecule has 3 aliphatic rings. The Hall–Kier alpha value is -2.66. The van der Waals surface area contributed by atoms with Crippen LogP contribution in [0, 0.1) is 0 Å². The molecule has 0 radical (unpaired) electrons. The number of Topliss-reactive ketones (excluding diaryl/α,β-unsaturated/α-hetero) is 2. The van der Waals surface area contributed by atoms with Gasteiger partial charge in [-0.3, -0.25) is 9.59 Å². The van der Waals surface area contributed by atoms with Gasteiger partial charge in [-0.15, -0.1) is 0 Å². The summed E-state index contributed by atoms with van der Waals surface area (Å²) in [5.74, 6) is 0.123. The highest BCUT2D eigenvalue weighted by Gasteiger charge is 2.43. The number of hydrogen-bond acceptors (Lipinski definition) is 4. The van der Waals surface area contributed by atoms with Crippen molar-refractivity contribution in [3.8, 4) is 0 Å². The molecule has 5 heteroatoms. The van der Waals surface area contributed by atoms with E-state index in [-0.39, 0.29) is 17.5 Å². The number of rotatable bonds is 4. The molecular weight excluding hydrogens is 364 g/mol. The van der Waals surface area contributed by atoms with Gasteiger partial charge in [-0.1, -0.05) is 18.2 Å². The molecule has 5 nitrogen and oxygen atoms in total. The van der Waals surface area contributed by atoms with Gasteiger partial charge in [0.15, 0.2) is 11.6 Å². The van der Waals surface area contributed by atoms with E-state index in [1.165, 1.54) is 0 Å². The highest BCUT2D eigenvalue weighted by molar-refractivity contribution is 6.07. The van der Waals surface area contributed by atoms with Gasteiger partial charge in [0, 0.05) is 72.1 Å². The van der Waals surface area contributed by atoms with Crippen LogP contribution in [0.25, 0.3) is 10.9 Å². The van der Waals surface area contributed by atoms with Crippen LogP contribution in [0.2, 0.25) is 0 Å². The Bertz CT molecular complexity index is 1020. The SMILES string of the molecule is COCCN1C2=C(C(=O)CCC2)C(c2c[nH]c3ccccc23)C2=C1CCCC2=O. The zero-order valence-corrected chi connectivity index (χ0v) is 16.8. The molecule has 0 saturated carbocycles. The molecule has 1 aromatic heterocycles. The summed E-state index contributed by atoms with van der Waals surface area (Å²) in [6.45, 7) is 1.27. The van der Waals surface area contributed by atoms with E-state index in [0.29, 0.717) is 26.0 Å². The minimum atomic E-state index is -0.254. The fourth-order valence-electron chi connectivity index (χ4n) is 5.31. The molecule has 5 rings (SSSR count). The van der Waals surface area contributed by atoms with Crippen LogP contribution in [0.1, 0.15) is 50.0 Å². The minimum Gasteiger partial charge on any atom is -0.383 e. The van der Waals surface area contributed by atoms with E-state index in [9.17, 15) is 9.59 Å². The molecule has 0 fully saturated rings. The molecule has 0 unspecified atom stereocenters. The third-order valence-corrected chi connectivity index (χ3v) is 6.54. The molecule has 1 aliphatic heterocycles. The van der Waals surface area contributed by atoms with E-state index in [0.717, 1.165) is 64.7 Å². The van der Waals surface area contributed by atoms with Crippen molar-refractivity contribution >= 4 is 22.5 Å². The number of nitrogens with one attached hydrogen (secondary N) is 1. The summed E-state index contributed by atoms with van der Waals surface area (Å²) >= 11 is 0. The lowest BCUT2D eigenvalue weighted by atomic mass is 9.71. The number of carbonyl (C=O) groups excluding carboxylic acids is 2. The minimum absolute atomic E-state index is 0.189. The molecule has 2 heterocycles. The third kappa shape index (κ3) is 2.87. The molecule has 0 atom stereocenters. The maximum absolute atomic E-state index is 13.2. The second kappa shape index (κ2) is 7.30. The maximum Gasteiger partial charge on any atom is 0.161 e. The number of hydrogen-bond donors (Lipinski definition) is 1. The van der Waals surface area contributed by atoms with Gasteiger partial charge >= 0.3 is 0 Å². The molecular formula is C24H26N2O3. The molecule has 2 aliphatic carbocycles. The number of ketones is 2. The van der Waals surface area contributed by atoms with Crippen LogP contribution in [0.15, 0.2) is 53.0 Å². The molecule has 1 aromatic carbocycles. The summed E-state index contributed by atoms with van der Waals surface area (Å²) in [6.07, 6.45) is 6.64. The second-order valence-corrected chi connectivity index (χ2v) is 8.14. The van der Waals surface area contributed by atoms with Gasteiger partial charge in [-0.25, -0.2) is 0 Å². The summed E-state index contributed by atoms with van der Waals surface area (Å²) in [4.78, 5) is 32.0. The third-order valence-electron chi connectivity index (χ3n) is 6.54. The van der Waals surface area contributed by atoms with Gasteiger partial charge in [0.2, 0.25) is 0 Å². The number of aromatic nitrogens is 1. The molecule has 0 bridgehead atoms. The van der Waals surface area contributed by atoms with Crippen LogP contribution in [0.4, 0.5) is 0 Å². The summed E-state index contributed by atoms with van der Waals surface area (Å²) in [5.41, 5.74) is 6.00. The zero-order chi connectivity index (χ0) is 20.0. The van der Waals surface area contributed by atoms with E-state index in [1.54, 1.807) is 7.11 Å². The Balaban J connectivity index is 1.76. The lowest BCUT2D eigenvalue weighted by Gasteiger charge is -2.43. The first-order chi connectivity index (χ1) is 14.2. The maximum atomic E-state index is 13.2. The quantitative estimate of drug-likeness (QED) is 0.849. The summed E-state index contributed by atoms with van der Waals surface area (Å²) in [6, 6.07) is 8.15. The number of nitrogens with zero attached hydrogens (tertiary/aromatic N) is 1. The van der Waals surface area contributed by atoms with E-state index in [4.69, 9.17) is 4.74 Å². The van der Waals surface area contributed by atoms with Crippen LogP contribution < -0.4 is 0 Å². The first-order valence-corrected chi connectivity index (χ1v) is 10.6. The number of ether oxygens (including phenoxy) is 1. The van der Waals surface area contributed by atoms with E-state index in [1.807, 2.05) is 24.4 Å². The van der Waals surface area contributed by atoms with Crippen molar-refractivity contribution in [3.63, 3.8) is 0 Å². The highest BCUT2D eigenvalue weighted by atomic mass is 16.5. The van der Waals surface area contributed by atoms with Crippen molar-refractivity contribution < 1.29 is 14.3 Å². The van der Waals surface area contributed by atoms with E-state index >= 15 is 0 Å². The normalized spacial score (nSPS) is 20.5. The van der Waals surface area contributed by atoms with Gasteiger partial charge in [0.05, 0.1) is 6.61 Å². The van der Waals surface area contributed by atoms with Gasteiger partial charge < -0.3 is 14.6 Å². The first kappa shape index (κ1) is 18.4. The van der Waals surface area contributed by atoms with E-state index < -0.39 is 0 Å². The predicted molar refractivity (Wildman–Crippen MR) is 111 cm³/mol. The van der Waals surface area contributed by atoms with Crippen molar-refractivity contribution in [2.75, 3.05) is 20.3 Å². The summed E-state index contributed by atoms with van der Waals surface area (Å²) < 4.78 is 5.35. The summed E-state index contributed by atoms with van der Waals surface area (Å²) in [5, 5.41) is 1.10. The van der Waals surface area contributed by atoms with E-state index in [2.05, 4.69) is 16.0 Å². The monoisotopic (exact) mass is 390 g/mol. The fraction of sp³-hybridized carbons (Fsp3) is 0.417. The molecule has 0 amide bonds. The average Bonchev–Trinajstić information content (AvgIpc) is 3.16. The Morgan fingerprint density at radius 3 is 2.31 bits per heavy atom. The van der Waals surface area contributed by atoms with Crippen LogP contribution in [-0.4, -0.2) is 41.7 Å². The molecule has 0 spiro atoms. The van der Waals surface area contributed by atoms with Gasteiger partial charge in [0.1, 0.15) is 0 Å². The topological polar surface area (TPSA) is 62.4 Å². The Morgan fingerprint density at radius 1 is 1.00 bits per heavy atom. The Morgan fingerprint density at radius 2 is 1.66 bits per heavy atom. The van der Waals surface area contributed by atoms with Crippen molar-refractivity contribution in [2.24, 2.45) is 0 Å². The Labute approximate surface area is 170 Å². The molecule has 2 aromatic rings. The lowest BCUT2D eigenvalue weighted by Crippen LogP contribution is -2.40. The van der Waals surface area contributed by atoms with Crippen molar-refractivity contribution in [2.45, 2.75) is 44.4 Å². The summed E-state index contributed by atoms with van der Waals surface area (Å²) in [7, 11) is 1.70. The lowest BCUT2D eigenvalue weighted by molar-refractivity contribution is -0.117. The highest BCUT2D eigenvalue weighted by Crippen LogP contribution is 2.50. The van der Waals surface area contributed by atoms with Crippen LogP contribution >= 0.6 is 0 Å². The van der Waals surface area contributed by atoms with Gasteiger partial charge in [-0.05, 0) is 37.3 Å². The number of aromatic amines is 1. The smallest absolute Gasteiger partial charge is 0.161 e. The number of benzene rings is 1. The molecule has 1 N–H and O–H groups in total. The van der Waals surface area contributed by atoms with Crippen molar-refractivity contribution in [1.29, 1.82) is 0 Å². The second-order valence-electron chi connectivity index (χ2n) is 8.14. The number of para-hydroxylation sites is 1. The number of H-pyrrole nitrogens is 1. The van der Waals surface area contributed by atoms with Crippen LogP contribution in [-0.2, 0) is 14.3 Å². The van der Waals surface area contributed by atoms with Gasteiger partial charge in [-0.2, -0.15) is 0 Å². The standard InChI is InChI=1S/C24H26N2O3/c1-29-13-12-26-18-8-4-10-20(27)23(18)22(24-19(26)9-5-11-21(24)28)16-14-25-17-7-3-2-6-15(16)17/h2-3,6-7,14,22,25H,4-5,8-13H2,1H3. The number of fused-ring (bicyclic) bond motifs is 1. The number of carbonyl (C=O) groups is 2. The molecule has 150 valence electrons. The van der Waals surface area contributed by atoms with Gasteiger partial charge in [0.25, 0.3) is 0 Å². The van der Waals surface area contributed by atoms with Crippen LogP contribution in [0.3, 0.4) is 0 Å². The predicted octanol–water partition coefficient (Wildman–Crippen LogP) is 4.23. The average molecular weight is 390 g/mol. The van der Waals surface area contributed by atoms with Crippen molar-refractivity contribution in [1.82, 2.24) is 9.88 Å². The van der Waals surface area contributed by atoms with Crippen LogP contribution in [0.5, 0.6) is 0 Å². The Kier molecular flexibility index (Phi) is 4.63. The van der Waals surface area contributed by atoms with Crippen molar-refractivity contribution in [3.05, 3.63) is 58.6 Å². The zero-order valence-electron chi connectivity index (χ0n) is 16.8. The largest absolute Gasteiger partial charge is 0.383 e. The number of methoxy groups -OCH3 is 1. The molecule has 0 saturated heterocycles.